The highest BCUT2D eigenvalue weighted by Gasteiger charge is 2.22. The summed E-state index contributed by atoms with van der Waals surface area (Å²) < 4.78 is 11.5. The van der Waals surface area contributed by atoms with Gasteiger partial charge in [-0.2, -0.15) is 0 Å². The maximum atomic E-state index is 6.04. The number of nitrogens with two attached hydrogens (primary N) is 1. The number of rotatable bonds is 4. The van der Waals surface area contributed by atoms with Crippen molar-refractivity contribution in [3.05, 3.63) is 35.9 Å². The Morgan fingerprint density at radius 2 is 2.05 bits per heavy atom. The Hall–Kier alpha value is -1.65. The van der Waals surface area contributed by atoms with Gasteiger partial charge in [0.2, 0.25) is 0 Å². The van der Waals surface area contributed by atoms with Gasteiger partial charge in [-0.15, -0.1) is 0 Å². The zero-order valence-electron chi connectivity index (χ0n) is 12.4. The molecule has 4 nitrogen and oxygen atoms in total. The van der Waals surface area contributed by atoms with E-state index in [1.807, 2.05) is 24.3 Å². The molecule has 0 bridgehead atoms. The van der Waals surface area contributed by atoms with Crippen LogP contribution in [0.15, 0.2) is 30.3 Å². The standard InChI is InChI=1S/C17H22N2O2/c1-20-14-6-4-7-15(10-14)21-11-13-9-12-5-2-3-8-16(12)19-17(13)18/h2-3,5,8-9,14-15H,4,6-7,10-11H2,1H3,(H2,18,19). The van der Waals surface area contributed by atoms with Gasteiger partial charge in [0.1, 0.15) is 5.82 Å². The van der Waals surface area contributed by atoms with Crippen LogP contribution in [0.1, 0.15) is 31.2 Å². The number of hydrogen-bond acceptors (Lipinski definition) is 4. The predicted octanol–water partition coefficient (Wildman–Crippen LogP) is 3.29. The summed E-state index contributed by atoms with van der Waals surface area (Å²) >= 11 is 0. The number of benzene rings is 1. The average molecular weight is 286 g/mol. The van der Waals surface area contributed by atoms with Crippen molar-refractivity contribution >= 4 is 16.7 Å². The molecule has 1 fully saturated rings. The third kappa shape index (κ3) is 3.34. The predicted molar refractivity (Wildman–Crippen MR) is 84.0 cm³/mol. The zero-order chi connectivity index (χ0) is 14.7. The lowest BCUT2D eigenvalue weighted by Crippen LogP contribution is -2.27. The van der Waals surface area contributed by atoms with Gasteiger partial charge in [-0.25, -0.2) is 4.98 Å². The highest BCUT2D eigenvalue weighted by atomic mass is 16.5. The Morgan fingerprint density at radius 1 is 1.24 bits per heavy atom. The summed E-state index contributed by atoms with van der Waals surface area (Å²) in [5, 5.41) is 1.10. The Morgan fingerprint density at radius 3 is 2.90 bits per heavy atom. The van der Waals surface area contributed by atoms with Crippen molar-refractivity contribution < 1.29 is 9.47 Å². The van der Waals surface area contributed by atoms with Gasteiger partial charge in [0.05, 0.1) is 24.3 Å². The number of fused-ring (bicyclic) bond motifs is 1. The molecule has 21 heavy (non-hydrogen) atoms. The number of aromatic nitrogens is 1. The van der Waals surface area contributed by atoms with Crippen LogP contribution in [0.25, 0.3) is 10.9 Å². The van der Waals surface area contributed by atoms with Crippen LogP contribution in [0, 0.1) is 0 Å². The molecule has 0 amide bonds. The van der Waals surface area contributed by atoms with Crippen molar-refractivity contribution in [2.45, 2.75) is 44.5 Å². The molecule has 1 saturated carbocycles. The van der Waals surface area contributed by atoms with Gasteiger partial charge in [0.25, 0.3) is 0 Å². The lowest BCUT2D eigenvalue weighted by atomic mass is 9.95. The molecule has 1 aromatic carbocycles. The quantitative estimate of drug-likeness (QED) is 0.937. The number of nitrogen functional groups attached to an aromatic ring is 1. The number of para-hydroxylation sites is 1. The van der Waals surface area contributed by atoms with Crippen molar-refractivity contribution in [3.63, 3.8) is 0 Å². The van der Waals surface area contributed by atoms with Crippen molar-refractivity contribution in [3.8, 4) is 0 Å². The topological polar surface area (TPSA) is 57.4 Å². The van der Waals surface area contributed by atoms with E-state index in [2.05, 4.69) is 11.1 Å². The van der Waals surface area contributed by atoms with E-state index in [1.165, 1.54) is 0 Å². The van der Waals surface area contributed by atoms with Gasteiger partial charge in [-0.3, -0.25) is 0 Å². The first-order valence-electron chi connectivity index (χ1n) is 7.55. The van der Waals surface area contributed by atoms with E-state index in [-0.39, 0.29) is 6.10 Å². The summed E-state index contributed by atoms with van der Waals surface area (Å²) in [6.07, 6.45) is 4.95. The fourth-order valence-electron chi connectivity index (χ4n) is 2.97. The van der Waals surface area contributed by atoms with E-state index in [9.17, 15) is 0 Å². The molecule has 0 radical (unpaired) electrons. The number of methoxy groups -OCH3 is 1. The third-order valence-electron chi connectivity index (χ3n) is 4.22. The number of anilines is 1. The first-order valence-corrected chi connectivity index (χ1v) is 7.55. The molecule has 0 saturated heterocycles. The normalized spacial score (nSPS) is 22.5. The molecule has 2 aromatic rings. The van der Waals surface area contributed by atoms with Gasteiger partial charge >= 0.3 is 0 Å². The molecule has 2 unspecified atom stereocenters. The molecule has 4 heteroatoms. The van der Waals surface area contributed by atoms with Crippen LogP contribution in [0.5, 0.6) is 0 Å². The number of hydrogen-bond donors (Lipinski definition) is 1. The van der Waals surface area contributed by atoms with Crippen LogP contribution >= 0.6 is 0 Å². The van der Waals surface area contributed by atoms with Gasteiger partial charge in [0.15, 0.2) is 0 Å². The van der Waals surface area contributed by atoms with Gasteiger partial charge in [0, 0.05) is 18.1 Å². The first-order chi connectivity index (χ1) is 10.3. The van der Waals surface area contributed by atoms with Gasteiger partial charge in [-0.1, -0.05) is 18.2 Å². The maximum Gasteiger partial charge on any atom is 0.129 e. The molecular weight excluding hydrogens is 264 g/mol. The van der Waals surface area contributed by atoms with Crippen molar-refractivity contribution in [2.24, 2.45) is 0 Å². The van der Waals surface area contributed by atoms with Crippen LogP contribution in [-0.4, -0.2) is 24.3 Å². The van der Waals surface area contributed by atoms with E-state index >= 15 is 0 Å². The van der Waals surface area contributed by atoms with Crippen LogP contribution in [0.3, 0.4) is 0 Å². The van der Waals surface area contributed by atoms with Crippen LogP contribution < -0.4 is 5.73 Å². The van der Waals surface area contributed by atoms with Gasteiger partial charge in [-0.05, 0) is 37.8 Å². The van der Waals surface area contributed by atoms with E-state index in [0.29, 0.717) is 18.5 Å². The Balaban J connectivity index is 1.68. The molecule has 1 aliphatic rings. The fourth-order valence-corrected chi connectivity index (χ4v) is 2.97. The molecule has 1 aliphatic carbocycles. The number of nitrogens with zero attached hydrogens (tertiary/aromatic N) is 1. The van der Waals surface area contributed by atoms with Crippen LogP contribution in [-0.2, 0) is 16.1 Å². The van der Waals surface area contributed by atoms with Gasteiger partial charge < -0.3 is 15.2 Å². The van der Waals surface area contributed by atoms with E-state index < -0.39 is 0 Å². The summed E-state index contributed by atoms with van der Waals surface area (Å²) in [6, 6.07) is 10.1. The Labute approximate surface area is 125 Å². The van der Waals surface area contributed by atoms with E-state index in [0.717, 1.165) is 42.1 Å². The molecule has 2 N–H and O–H groups in total. The van der Waals surface area contributed by atoms with Crippen molar-refractivity contribution in [1.29, 1.82) is 0 Å². The molecule has 1 heterocycles. The van der Waals surface area contributed by atoms with Crippen LogP contribution in [0.2, 0.25) is 0 Å². The smallest absolute Gasteiger partial charge is 0.129 e. The van der Waals surface area contributed by atoms with Crippen molar-refractivity contribution in [2.75, 3.05) is 12.8 Å². The first kappa shape index (κ1) is 14.3. The zero-order valence-corrected chi connectivity index (χ0v) is 12.4. The van der Waals surface area contributed by atoms with Crippen molar-refractivity contribution in [1.82, 2.24) is 4.98 Å². The largest absolute Gasteiger partial charge is 0.383 e. The molecule has 0 spiro atoms. The molecule has 3 rings (SSSR count). The Bertz CT molecular complexity index is 615. The highest BCUT2D eigenvalue weighted by molar-refractivity contribution is 5.81. The minimum atomic E-state index is 0.259. The monoisotopic (exact) mass is 286 g/mol. The van der Waals surface area contributed by atoms with Crippen LogP contribution in [0.4, 0.5) is 5.82 Å². The summed E-state index contributed by atoms with van der Waals surface area (Å²) in [5.41, 5.74) is 7.93. The fraction of sp³-hybridized carbons (Fsp3) is 0.471. The minimum absolute atomic E-state index is 0.259. The molecule has 0 aliphatic heterocycles. The molecular formula is C17H22N2O2. The minimum Gasteiger partial charge on any atom is -0.383 e. The molecule has 112 valence electrons. The summed E-state index contributed by atoms with van der Waals surface area (Å²) in [7, 11) is 1.78. The second kappa shape index (κ2) is 6.41. The van der Waals surface area contributed by atoms with E-state index in [4.69, 9.17) is 15.2 Å². The highest BCUT2D eigenvalue weighted by Crippen LogP contribution is 2.25. The summed E-state index contributed by atoms with van der Waals surface area (Å²) in [5.74, 6) is 0.563. The maximum absolute atomic E-state index is 6.04. The second-order valence-electron chi connectivity index (χ2n) is 5.68. The number of ether oxygens (including phenoxy) is 2. The third-order valence-corrected chi connectivity index (χ3v) is 4.22. The lowest BCUT2D eigenvalue weighted by molar-refractivity contribution is -0.0362. The molecule has 1 aromatic heterocycles. The average Bonchev–Trinajstić information content (AvgIpc) is 2.53. The Kier molecular flexibility index (Phi) is 4.36. The summed E-state index contributed by atoms with van der Waals surface area (Å²) in [4.78, 5) is 4.44. The SMILES string of the molecule is COC1CCCC(OCc2cc3ccccc3nc2N)C1. The van der Waals surface area contributed by atoms with E-state index in [1.54, 1.807) is 7.11 Å². The summed E-state index contributed by atoms with van der Waals surface area (Å²) in [6.45, 7) is 0.519. The molecule has 2 atom stereocenters. The number of pyridine rings is 1. The lowest BCUT2D eigenvalue weighted by Gasteiger charge is -2.28. The second-order valence-corrected chi connectivity index (χ2v) is 5.68.